The van der Waals surface area contributed by atoms with Gasteiger partial charge in [-0.25, -0.2) is 0 Å². The molecule has 0 aromatic heterocycles. The Morgan fingerprint density at radius 2 is 2.50 bits per heavy atom. The van der Waals surface area contributed by atoms with E-state index in [0.29, 0.717) is 0 Å². The van der Waals surface area contributed by atoms with Crippen LogP contribution in [0.5, 0.6) is 0 Å². The standard InChI is InChI=1S/C3H7NO2/c1-2-3(5)6-4/h2,5H,4H2,1H3/b3-2+. The molecule has 0 aliphatic heterocycles. The third kappa shape index (κ3) is 1.60. The van der Waals surface area contributed by atoms with Crippen molar-refractivity contribution in [2.24, 2.45) is 5.90 Å². The van der Waals surface area contributed by atoms with Gasteiger partial charge in [0.2, 0.25) is 0 Å². The van der Waals surface area contributed by atoms with Gasteiger partial charge in [0.05, 0.1) is 0 Å². The summed E-state index contributed by atoms with van der Waals surface area (Å²) in [5.41, 5.74) is 0. The van der Waals surface area contributed by atoms with Crippen molar-refractivity contribution in [1.29, 1.82) is 0 Å². The molecule has 3 nitrogen and oxygen atoms in total. The topological polar surface area (TPSA) is 55.5 Å². The van der Waals surface area contributed by atoms with Gasteiger partial charge in [0.25, 0.3) is 5.95 Å². The molecule has 0 amide bonds. The molecule has 0 fully saturated rings. The van der Waals surface area contributed by atoms with Crippen molar-refractivity contribution in [3.63, 3.8) is 0 Å². The monoisotopic (exact) mass is 89.0 g/mol. The first-order chi connectivity index (χ1) is 2.81. The quantitative estimate of drug-likeness (QED) is 0.358. The fraction of sp³-hybridized carbons (Fsp3) is 0.333. The van der Waals surface area contributed by atoms with Gasteiger partial charge in [0, 0.05) is 0 Å². The van der Waals surface area contributed by atoms with Gasteiger partial charge in [-0.05, 0) is 13.0 Å². The third-order valence-corrected chi connectivity index (χ3v) is 0.368. The highest BCUT2D eigenvalue weighted by Gasteiger charge is 1.77. The molecule has 0 rings (SSSR count). The number of nitrogens with two attached hydrogens (primary N) is 1. The van der Waals surface area contributed by atoms with Crippen molar-refractivity contribution in [2.75, 3.05) is 0 Å². The third-order valence-electron chi connectivity index (χ3n) is 0.368. The molecule has 0 unspecified atom stereocenters. The maximum absolute atomic E-state index is 8.18. The molecule has 0 heterocycles. The number of allylic oxidation sites excluding steroid dienone is 1. The summed E-state index contributed by atoms with van der Waals surface area (Å²) < 4.78 is 0. The predicted octanol–water partition coefficient (Wildman–Crippen LogP) is 0.296. The molecule has 0 saturated carbocycles. The molecule has 0 spiro atoms. The normalized spacial score (nSPS) is 11.3. The number of hydrogen-bond acceptors (Lipinski definition) is 3. The second-order valence-corrected chi connectivity index (χ2v) is 0.745. The van der Waals surface area contributed by atoms with Gasteiger partial charge in [-0.3, -0.25) is 0 Å². The van der Waals surface area contributed by atoms with Crippen LogP contribution in [-0.2, 0) is 4.84 Å². The first-order valence-corrected chi connectivity index (χ1v) is 1.53. The average molecular weight is 89.1 g/mol. The van der Waals surface area contributed by atoms with Crippen molar-refractivity contribution < 1.29 is 9.94 Å². The van der Waals surface area contributed by atoms with Gasteiger partial charge < -0.3 is 9.94 Å². The van der Waals surface area contributed by atoms with Crippen LogP contribution in [0.1, 0.15) is 6.92 Å². The molecule has 0 bridgehead atoms. The maximum atomic E-state index is 8.18. The van der Waals surface area contributed by atoms with Crippen molar-refractivity contribution in [1.82, 2.24) is 0 Å². The summed E-state index contributed by atoms with van der Waals surface area (Å²) in [6, 6.07) is 0. The van der Waals surface area contributed by atoms with E-state index in [-0.39, 0.29) is 5.95 Å². The van der Waals surface area contributed by atoms with E-state index in [1.165, 1.54) is 6.08 Å². The zero-order chi connectivity index (χ0) is 4.99. The lowest BCUT2D eigenvalue weighted by atomic mass is 10.7. The summed E-state index contributed by atoms with van der Waals surface area (Å²) in [5.74, 6) is 4.21. The Kier molecular flexibility index (Phi) is 2.24. The van der Waals surface area contributed by atoms with Crippen LogP contribution in [0, 0.1) is 0 Å². The molecular weight excluding hydrogens is 82.0 g/mol. The van der Waals surface area contributed by atoms with Crippen LogP contribution in [0.2, 0.25) is 0 Å². The predicted molar refractivity (Wildman–Crippen MR) is 21.7 cm³/mol. The summed E-state index contributed by atoms with van der Waals surface area (Å²) in [6.07, 6.45) is 1.35. The highest BCUT2D eigenvalue weighted by atomic mass is 16.7. The fourth-order valence-corrected chi connectivity index (χ4v) is 0.0680. The molecule has 0 aromatic carbocycles. The molecule has 0 aromatic rings. The van der Waals surface area contributed by atoms with E-state index < -0.39 is 0 Å². The Balaban J connectivity index is 3.22. The van der Waals surface area contributed by atoms with E-state index in [2.05, 4.69) is 10.7 Å². The van der Waals surface area contributed by atoms with E-state index >= 15 is 0 Å². The minimum absolute atomic E-state index is 0.255. The Morgan fingerprint density at radius 3 is 2.50 bits per heavy atom. The van der Waals surface area contributed by atoms with E-state index in [9.17, 15) is 0 Å². The lowest BCUT2D eigenvalue weighted by Gasteiger charge is -1.88. The van der Waals surface area contributed by atoms with Gasteiger partial charge in [0.1, 0.15) is 0 Å². The highest BCUT2D eigenvalue weighted by Crippen LogP contribution is 1.79. The molecule has 0 atom stereocenters. The van der Waals surface area contributed by atoms with Crippen molar-refractivity contribution in [3.8, 4) is 0 Å². The molecule has 0 aliphatic carbocycles. The summed E-state index contributed by atoms with van der Waals surface area (Å²) in [4.78, 5) is 3.82. The molecule has 0 aliphatic rings. The Morgan fingerprint density at radius 1 is 2.00 bits per heavy atom. The molecule has 3 heteroatoms. The molecule has 0 radical (unpaired) electrons. The fourth-order valence-electron chi connectivity index (χ4n) is 0.0680. The van der Waals surface area contributed by atoms with Crippen LogP contribution in [0.25, 0.3) is 0 Å². The van der Waals surface area contributed by atoms with Crippen LogP contribution < -0.4 is 5.90 Å². The van der Waals surface area contributed by atoms with Gasteiger partial charge in [-0.15, -0.1) is 0 Å². The molecular formula is C3H7NO2. The lowest BCUT2D eigenvalue weighted by molar-refractivity contribution is 0.0940. The Bertz CT molecular complexity index is 59.8. The molecule has 0 saturated heterocycles. The second kappa shape index (κ2) is 2.53. The van der Waals surface area contributed by atoms with Gasteiger partial charge in [0.15, 0.2) is 0 Å². The highest BCUT2D eigenvalue weighted by molar-refractivity contribution is 4.73. The number of rotatable bonds is 1. The number of hydrogen-bond donors (Lipinski definition) is 2. The van der Waals surface area contributed by atoms with Gasteiger partial charge in [-0.2, -0.15) is 5.90 Å². The summed E-state index contributed by atoms with van der Waals surface area (Å²) in [6.45, 7) is 1.61. The van der Waals surface area contributed by atoms with Crippen LogP contribution in [0.15, 0.2) is 12.0 Å². The van der Waals surface area contributed by atoms with Crippen LogP contribution in [0.3, 0.4) is 0 Å². The van der Waals surface area contributed by atoms with E-state index in [1.807, 2.05) is 0 Å². The minimum atomic E-state index is -0.255. The van der Waals surface area contributed by atoms with E-state index in [1.54, 1.807) is 6.92 Å². The number of aliphatic hydroxyl groups is 1. The summed E-state index contributed by atoms with van der Waals surface area (Å²) in [5, 5.41) is 8.18. The van der Waals surface area contributed by atoms with E-state index in [4.69, 9.17) is 5.11 Å². The minimum Gasteiger partial charge on any atom is -0.480 e. The smallest absolute Gasteiger partial charge is 0.292 e. The van der Waals surface area contributed by atoms with Crippen molar-refractivity contribution in [2.45, 2.75) is 6.92 Å². The largest absolute Gasteiger partial charge is 0.480 e. The zero-order valence-corrected chi connectivity index (χ0v) is 3.51. The van der Waals surface area contributed by atoms with Crippen LogP contribution >= 0.6 is 0 Å². The van der Waals surface area contributed by atoms with Crippen molar-refractivity contribution in [3.05, 3.63) is 12.0 Å². The Hall–Kier alpha value is -0.700. The molecule has 36 valence electrons. The summed E-state index contributed by atoms with van der Waals surface area (Å²) in [7, 11) is 0. The molecule has 3 N–H and O–H groups in total. The average Bonchev–Trinajstić information content (AvgIpc) is 1.65. The second-order valence-electron chi connectivity index (χ2n) is 0.745. The van der Waals surface area contributed by atoms with Crippen molar-refractivity contribution >= 4 is 0 Å². The summed E-state index contributed by atoms with van der Waals surface area (Å²) >= 11 is 0. The van der Waals surface area contributed by atoms with Gasteiger partial charge in [-0.1, -0.05) is 0 Å². The lowest BCUT2D eigenvalue weighted by Crippen LogP contribution is -1.96. The molecule has 6 heavy (non-hydrogen) atoms. The van der Waals surface area contributed by atoms with Gasteiger partial charge >= 0.3 is 0 Å². The SMILES string of the molecule is C/C=C(\O)ON. The van der Waals surface area contributed by atoms with Crippen LogP contribution in [0.4, 0.5) is 0 Å². The Labute approximate surface area is 36.0 Å². The number of aliphatic hydroxyl groups excluding tert-OH is 1. The maximum Gasteiger partial charge on any atom is 0.292 e. The van der Waals surface area contributed by atoms with Crippen LogP contribution in [-0.4, -0.2) is 5.11 Å². The first-order valence-electron chi connectivity index (χ1n) is 1.53. The first kappa shape index (κ1) is 5.30. The van der Waals surface area contributed by atoms with E-state index in [0.717, 1.165) is 0 Å². The zero-order valence-electron chi connectivity index (χ0n) is 3.51.